The summed E-state index contributed by atoms with van der Waals surface area (Å²) in [6, 6.07) is 0. The highest BCUT2D eigenvalue weighted by atomic mass is 32.2. The Morgan fingerprint density at radius 3 is 2.44 bits per heavy atom. The van der Waals surface area contributed by atoms with Gasteiger partial charge in [-0.3, -0.25) is 4.68 Å². The molecule has 1 aromatic rings. The molecule has 0 aliphatic heterocycles. The van der Waals surface area contributed by atoms with E-state index >= 15 is 0 Å². The Balaban J connectivity index is 3.09. The van der Waals surface area contributed by atoms with Crippen molar-refractivity contribution in [2.45, 2.75) is 31.7 Å². The lowest BCUT2D eigenvalue weighted by Gasteiger charge is -2.11. The number of aryl methyl sites for hydroxylation is 2. The molecule has 0 radical (unpaired) electrons. The van der Waals surface area contributed by atoms with Gasteiger partial charge in [-0.2, -0.15) is 5.10 Å². The van der Waals surface area contributed by atoms with Gasteiger partial charge < -0.3 is 5.32 Å². The van der Waals surface area contributed by atoms with Crippen molar-refractivity contribution in [3.8, 4) is 0 Å². The van der Waals surface area contributed by atoms with Crippen LogP contribution in [0.2, 0.25) is 0 Å². The molecule has 1 aromatic heterocycles. The number of nitrogens with one attached hydrogen (secondary N) is 1. The van der Waals surface area contributed by atoms with Crippen molar-refractivity contribution >= 4 is 10.0 Å². The van der Waals surface area contributed by atoms with Crippen LogP contribution in [0.5, 0.6) is 0 Å². The van der Waals surface area contributed by atoms with Gasteiger partial charge >= 0.3 is 0 Å². The van der Waals surface area contributed by atoms with Crippen LogP contribution in [0.25, 0.3) is 0 Å². The summed E-state index contributed by atoms with van der Waals surface area (Å²) in [6.45, 7) is 5.14. The first kappa shape index (κ1) is 15.1. The Morgan fingerprint density at radius 1 is 1.33 bits per heavy atom. The van der Waals surface area contributed by atoms with E-state index in [1.807, 2.05) is 7.05 Å². The zero-order chi connectivity index (χ0) is 13.9. The molecule has 0 fully saturated rings. The van der Waals surface area contributed by atoms with Gasteiger partial charge in [0.1, 0.15) is 4.90 Å². The van der Waals surface area contributed by atoms with E-state index in [0.717, 1.165) is 19.5 Å². The third-order valence-electron chi connectivity index (χ3n) is 2.85. The molecule has 0 amide bonds. The summed E-state index contributed by atoms with van der Waals surface area (Å²) in [5.41, 5.74) is 1.27. The molecule has 0 aliphatic rings. The highest BCUT2D eigenvalue weighted by Gasteiger charge is 2.26. The lowest BCUT2D eigenvalue weighted by molar-refractivity contribution is 0.517. The van der Waals surface area contributed by atoms with Gasteiger partial charge in [-0.1, -0.05) is 0 Å². The maximum atomic E-state index is 12.2. The van der Waals surface area contributed by atoms with E-state index in [1.54, 1.807) is 18.5 Å². The van der Waals surface area contributed by atoms with Gasteiger partial charge in [-0.25, -0.2) is 12.7 Å². The van der Waals surface area contributed by atoms with E-state index in [1.165, 1.54) is 18.4 Å². The van der Waals surface area contributed by atoms with Crippen LogP contribution < -0.4 is 5.32 Å². The van der Waals surface area contributed by atoms with Gasteiger partial charge in [0.25, 0.3) is 0 Å². The molecule has 104 valence electrons. The zero-order valence-corrected chi connectivity index (χ0v) is 12.5. The summed E-state index contributed by atoms with van der Waals surface area (Å²) < 4.78 is 27.3. The van der Waals surface area contributed by atoms with Crippen LogP contribution in [0.15, 0.2) is 4.90 Å². The second-order valence-electron chi connectivity index (χ2n) is 4.47. The van der Waals surface area contributed by atoms with Crippen molar-refractivity contribution in [3.63, 3.8) is 0 Å². The second kappa shape index (κ2) is 5.81. The van der Waals surface area contributed by atoms with E-state index in [2.05, 4.69) is 10.4 Å². The molecule has 0 aromatic carbocycles. The van der Waals surface area contributed by atoms with Crippen molar-refractivity contribution in [2.24, 2.45) is 0 Å². The monoisotopic (exact) mass is 274 g/mol. The Bertz CT molecular complexity index is 505. The molecule has 0 bridgehead atoms. The number of hydrogen-bond acceptors (Lipinski definition) is 4. The first-order valence-corrected chi connectivity index (χ1v) is 7.37. The zero-order valence-electron chi connectivity index (χ0n) is 11.7. The van der Waals surface area contributed by atoms with E-state index in [4.69, 9.17) is 0 Å². The van der Waals surface area contributed by atoms with Crippen LogP contribution in [0.4, 0.5) is 0 Å². The minimum absolute atomic E-state index is 0.331. The summed E-state index contributed by atoms with van der Waals surface area (Å²) in [5.74, 6) is 0. The Labute approximate surface area is 109 Å². The van der Waals surface area contributed by atoms with Crippen molar-refractivity contribution in [1.82, 2.24) is 19.4 Å². The highest BCUT2D eigenvalue weighted by molar-refractivity contribution is 7.89. The normalized spacial score (nSPS) is 12.3. The third kappa shape index (κ3) is 2.90. The quantitative estimate of drug-likeness (QED) is 0.761. The number of rotatable bonds is 6. The molecule has 1 rings (SSSR count). The van der Waals surface area contributed by atoms with Crippen molar-refractivity contribution in [2.75, 3.05) is 27.7 Å². The number of nitrogens with zero attached hydrogens (tertiary/aromatic N) is 3. The van der Waals surface area contributed by atoms with Crippen LogP contribution in [-0.4, -0.2) is 50.2 Å². The average molecular weight is 274 g/mol. The fourth-order valence-corrected chi connectivity index (χ4v) is 3.12. The first-order chi connectivity index (χ1) is 8.32. The summed E-state index contributed by atoms with van der Waals surface area (Å²) in [6.07, 6.45) is 0.917. The smallest absolute Gasteiger partial charge is 0.246 e. The van der Waals surface area contributed by atoms with Crippen LogP contribution in [0, 0.1) is 13.8 Å². The van der Waals surface area contributed by atoms with Gasteiger partial charge in [0, 0.05) is 20.6 Å². The highest BCUT2D eigenvalue weighted by Crippen LogP contribution is 2.21. The molecule has 0 saturated heterocycles. The third-order valence-corrected chi connectivity index (χ3v) is 4.92. The Hall–Kier alpha value is -0.920. The molecule has 0 saturated carbocycles. The van der Waals surface area contributed by atoms with E-state index in [0.29, 0.717) is 16.3 Å². The van der Waals surface area contributed by atoms with Crippen molar-refractivity contribution in [3.05, 3.63) is 11.4 Å². The summed E-state index contributed by atoms with van der Waals surface area (Å²) in [5, 5.41) is 7.37. The molecule has 1 heterocycles. The summed E-state index contributed by atoms with van der Waals surface area (Å²) in [7, 11) is 1.55. The second-order valence-corrected chi connectivity index (χ2v) is 6.56. The summed E-state index contributed by atoms with van der Waals surface area (Å²) in [4.78, 5) is 0.331. The predicted octanol–water partition coefficient (Wildman–Crippen LogP) is 0.360. The van der Waals surface area contributed by atoms with E-state index < -0.39 is 10.0 Å². The molecule has 6 nitrogen and oxygen atoms in total. The molecular weight excluding hydrogens is 252 g/mol. The minimum atomic E-state index is -3.41. The maximum Gasteiger partial charge on any atom is 0.246 e. The molecule has 1 N–H and O–H groups in total. The van der Waals surface area contributed by atoms with Gasteiger partial charge in [-0.15, -0.1) is 0 Å². The van der Waals surface area contributed by atoms with E-state index in [-0.39, 0.29) is 0 Å². The van der Waals surface area contributed by atoms with Crippen molar-refractivity contribution < 1.29 is 8.42 Å². The number of sulfonamides is 1. The topological polar surface area (TPSA) is 67.2 Å². The molecule has 0 atom stereocenters. The average Bonchev–Trinajstić information content (AvgIpc) is 2.54. The van der Waals surface area contributed by atoms with Crippen LogP contribution in [-0.2, 0) is 16.6 Å². The molecule has 7 heteroatoms. The lowest BCUT2D eigenvalue weighted by Crippen LogP contribution is -2.23. The number of hydrogen-bond donors (Lipinski definition) is 1. The van der Waals surface area contributed by atoms with Crippen LogP contribution in [0.3, 0.4) is 0 Å². The van der Waals surface area contributed by atoms with Crippen molar-refractivity contribution in [1.29, 1.82) is 0 Å². The SMILES string of the molecule is CNCCCn1nc(C)c(S(=O)(=O)N(C)C)c1C. The standard InChI is InChI=1S/C11H22N4O2S/c1-9-11(18(16,17)14(4)5)10(2)15(13-9)8-6-7-12-3/h12H,6-8H2,1-5H3. The van der Waals surface area contributed by atoms with Gasteiger partial charge in [0.15, 0.2) is 0 Å². The molecular formula is C11H22N4O2S. The summed E-state index contributed by atoms with van der Waals surface area (Å²) >= 11 is 0. The maximum absolute atomic E-state index is 12.2. The fraction of sp³-hybridized carbons (Fsp3) is 0.727. The largest absolute Gasteiger partial charge is 0.320 e. The van der Waals surface area contributed by atoms with Gasteiger partial charge in [0.05, 0.1) is 11.4 Å². The first-order valence-electron chi connectivity index (χ1n) is 5.93. The minimum Gasteiger partial charge on any atom is -0.320 e. The van der Waals surface area contributed by atoms with E-state index in [9.17, 15) is 8.42 Å². The van der Waals surface area contributed by atoms with Crippen LogP contribution in [0.1, 0.15) is 17.8 Å². The lowest BCUT2D eigenvalue weighted by atomic mass is 10.4. The fourth-order valence-electron chi connectivity index (χ4n) is 1.86. The number of aromatic nitrogens is 2. The molecule has 0 aliphatic carbocycles. The Kier molecular flexibility index (Phi) is 4.89. The molecule has 0 unspecified atom stereocenters. The Morgan fingerprint density at radius 2 is 1.94 bits per heavy atom. The predicted molar refractivity (Wildman–Crippen MR) is 71.1 cm³/mol. The molecule has 0 spiro atoms. The van der Waals surface area contributed by atoms with Gasteiger partial charge in [0.2, 0.25) is 10.0 Å². The van der Waals surface area contributed by atoms with Crippen LogP contribution >= 0.6 is 0 Å². The van der Waals surface area contributed by atoms with Gasteiger partial charge in [-0.05, 0) is 33.9 Å². The molecule has 18 heavy (non-hydrogen) atoms.